The van der Waals surface area contributed by atoms with Crippen LogP contribution < -0.4 is 5.32 Å². The van der Waals surface area contributed by atoms with Gasteiger partial charge in [-0.25, -0.2) is 4.79 Å². The molecule has 0 radical (unpaired) electrons. The van der Waals surface area contributed by atoms with E-state index in [1.54, 1.807) is 17.4 Å². The Morgan fingerprint density at radius 2 is 2.17 bits per heavy atom. The molecule has 0 saturated heterocycles. The van der Waals surface area contributed by atoms with Crippen LogP contribution in [0.1, 0.15) is 18.7 Å². The van der Waals surface area contributed by atoms with Gasteiger partial charge in [0.25, 0.3) is 0 Å². The molecule has 0 saturated carbocycles. The highest BCUT2D eigenvalue weighted by Crippen LogP contribution is 2.10. The Hall–Kier alpha value is -1.62. The normalized spacial score (nSPS) is 12.7. The average Bonchev–Trinajstić information content (AvgIpc) is 2.85. The van der Waals surface area contributed by atoms with Gasteiger partial charge in [0.15, 0.2) is 0 Å². The summed E-state index contributed by atoms with van der Waals surface area (Å²) in [5.41, 5.74) is 0. The minimum atomic E-state index is -0.615. The Morgan fingerprint density at radius 1 is 1.44 bits per heavy atom. The standard InChI is InChI=1S/C13H17NO3S/c1-9(2)12(13(16)17-3)14-11(15)7-6-10-5-4-8-18-10/h4-9,12H,1-3H3,(H,14,15)/b7-6+. The minimum Gasteiger partial charge on any atom is -0.467 e. The van der Waals surface area contributed by atoms with Gasteiger partial charge in [-0.05, 0) is 23.4 Å². The maximum absolute atomic E-state index is 11.7. The monoisotopic (exact) mass is 267 g/mol. The Labute approximate surface area is 111 Å². The van der Waals surface area contributed by atoms with Crippen molar-refractivity contribution in [3.63, 3.8) is 0 Å². The third kappa shape index (κ3) is 4.33. The molecule has 1 aromatic rings. The second kappa shape index (κ2) is 6.96. The first-order valence-electron chi connectivity index (χ1n) is 5.64. The van der Waals surface area contributed by atoms with Gasteiger partial charge < -0.3 is 10.1 Å². The Bertz CT molecular complexity index is 423. The number of hydrogen-bond donors (Lipinski definition) is 1. The van der Waals surface area contributed by atoms with Crippen molar-refractivity contribution in [2.45, 2.75) is 19.9 Å². The molecule has 1 atom stereocenters. The van der Waals surface area contributed by atoms with Gasteiger partial charge in [0.05, 0.1) is 7.11 Å². The third-order valence-corrected chi connectivity index (χ3v) is 3.20. The molecule has 1 amide bonds. The van der Waals surface area contributed by atoms with Gasteiger partial charge in [-0.15, -0.1) is 11.3 Å². The van der Waals surface area contributed by atoms with Crippen molar-refractivity contribution in [2.24, 2.45) is 5.92 Å². The molecule has 1 N–H and O–H groups in total. The van der Waals surface area contributed by atoms with Gasteiger partial charge in [0, 0.05) is 11.0 Å². The van der Waals surface area contributed by atoms with Crippen LogP contribution in [0.15, 0.2) is 23.6 Å². The van der Waals surface area contributed by atoms with Crippen LogP contribution in [0.25, 0.3) is 6.08 Å². The molecule has 98 valence electrons. The van der Waals surface area contributed by atoms with Crippen LogP contribution in [0.2, 0.25) is 0 Å². The summed E-state index contributed by atoms with van der Waals surface area (Å²) in [5.74, 6) is -0.744. The summed E-state index contributed by atoms with van der Waals surface area (Å²) >= 11 is 1.54. The summed E-state index contributed by atoms with van der Waals surface area (Å²) in [4.78, 5) is 24.1. The number of nitrogens with one attached hydrogen (secondary N) is 1. The van der Waals surface area contributed by atoms with Gasteiger partial charge >= 0.3 is 5.97 Å². The quantitative estimate of drug-likeness (QED) is 0.656. The number of amides is 1. The predicted molar refractivity (Wildman–Crippen MR) is 72.1 cm³/mol. The second-order valence-corrected chi connectivity index (χ2v) is 5.08. The lowest BCUT2D eigenvalue weighted by Crippen LogP contribution is -2.44. The van der Waals surface area contributed by atoms with Crippen LogP contribution in [-0.2, 0) is 14.3 Å². The fraction of sp³-hybridized carbons (Fsp3) is 0.385. The molecular formula is C13H17NO3S. The van der Waals surface area contributed by atoms with Crippen LogP contribution in [0.4, 0.5) is 0 Å². The molecule has 1 aromatic heterocycles. The van der Waals surface area contributed by atoms with E-state index < -0.39 is 12.0 Å². The number of ether oxygens (including phenoxy) is 1. The van der Waals surface area contributed by atoms with E-state index in [-0.39, 0.29) is 11.8 Å². The van der Waals surface area contributed by atoms with Crippen molar-refractivity contribution in [2.75, 3.05) is 7.11 Å². The van der Waals surface area contributed by atoms with Crippen LogP contribution >= 0.6 is 11.3 Å². The van der Waals surface area contributed by atoms with Gasteiger partial charge in [0.2, 0.25) is 5.91 Å². The van der Waals surface area contributed by atoms with E-state index in [0.717, 1.165) is 4.88 Å². The van der Waals surface area contributed by atoms with E-state index in [1.165, 1.54) is 13.2 Å². The molecule has 5 heteroatoms. The topological polar surface area (TPSA) is 55.4 Å². The molecule has 1 heterocycles. The smallest absolute Gasteiger partial charge is 0.328 e. The molecule has 0 bridgehead atoms. The summed E-state index contributed by atoms with van der Waals surface area (Å²) in [5, 5.41) is 4.57. The highest BCUT2D eigenvalue weighted by molar-refractivity contribution is 7.10. The number of carbonyl (C=O) groups is 2. The number of esters is 1. The fourth-order valence-corrected chi connectivity index (χ4v) is 1.99. The van der Waals surface area contributed by atoms with Crippen LogP contribution in [0.3, 0.4) is 0 Å². The van der Waals surface area contributed by atoms with Gasteiger partial charge in [-0.1, -0.05) is 19.9 Å². The second-order valence-electron chi connectivity index (χ2n) is 4.10. The van der Waals surface area contributed by atoms with Crippen molar-refractivity contribution < 1.29 is 14.3 Å². The summed E-state index contributed by atoms with van der Waals surface area (Å²) in [6, 6.07) is 3.21. The van der Waals surface area contributed by atoms with E-state index in [1.807, 2.05) is 31.4 Å². The molecule has 18 heavy (non-hydrogen) atoms. The molecule has 0 fully saturated rings. The van der Waals surface area contributed by atoms with Crippen molar-refractivity contribution in [3.05, 3.63) is 28.5 Å². The summed E-state index contributed by atoms with van der Waals surface area (Å²) in [6.07, 6.45) is 3.14. The molecule has 1 rings (SSSR count). The number of thiophene rings is 1. The maximum Gasteiger partial charge on any atom is 0.328 e. The van der Waals surface area contributed by atoms with Gasteiger partial charge in [-0.2, -0.15) is 0 Å². The molecule has 0 spiro atoms. The van der Waals surface area contributed by atoms with Crippen molar-refractivity contribution in [3.8, 4) is 0 Å². The highest BCUT2D eigenvalue weighted by Gasteiger charge is 2.23. The zero-order valence-electron chi connectivity index (χ0n) is 10.7. The predicted octanol–water partition coefficient (Wildman–Crippen LogP) is 2.08. The first kappa shape index (κ1) is 14.4. The van der Waals surface area contributed by atoms with E-state index in [4.69, 9.17) is 0 Å². The van der Waals surface area contributed by atoms with Gasteiger partial charge in [-0.3, -0.25) is 4.79 Å². The lowest BCUT2D eigenvalue weighted by molar-refractivity contribution is -0.145. The number of carbonyl (C=O) groups excluding carboxylic acids is 2. The summed E-state index contributed by atoms with van der Waals surface area (Å²) in [7, 11) is 1.31. The molecular weight excluding hydrogens is 250 g/mol. The molecule has 0 aliphatic carbocycles. The molecule has 1 unspecified atom stereocenters. The number of methoxy groups -OCH3 is 1. The van der Waals surface area contributed by atoms with E-state index in [2.05, 4.69) is 10.1 Å². The first-order valence-corrected chi connectivity index (χ1v) is 6.52. The SMILES string of the molecule is COC(=O)C(NC(=O)/C=C/c1cccs1)C(C)C. The maximum atomic E-state index is 11.7. The molecule has 0 aliphatic heterocycles. The largest absolute Gasteiger partial charge is 0.467 e. The van der Waals surface area contributed by atoms with E-state index in [0.29, 0.717) is 0 Å². The Morgan fingerprint density at radius 3 is 2.67 bits per heavy atom. The number of rotatable bonds is 5. The Kier molecular flexibility index (Phi) is 5.58. The van der Waals surface area contributed by atoms with Gasteiger partial charge in [0.1, 0.15) is 6.04 Å². The van der Waals surface area contributed by atoms with Crippen LogP contribution in [0.5, 0.6) is 0 Å². The summed E-state index contributed by atoms with van der Waals surface area (Å²) < 4.78 is 4.65. The van der Waals surface area contributed by atoms with Crippen LogP contribution in [-0.4, -0.2) is 25.0 Å². The first-order chi connectivity index (χ1) is 8.54. The third-order valence-electron chi connectivity index (χ3n) is 2.36. The highest BCUT2D eigenvalue weighted by atomic mass is 32.1. The van der Waals surface area contributed by atoms with Crippen LogP contribution in [0, 0.1) is 5.92 Å². The molecule has 0 aromatic carbocycles. The zero-order chi connectivity index (χ0) is 13.5. The lowest BCUT2D eigenvalue weighted by Gasteiger charge is -2.18. The van der Waals surface area contributed by atoms with Crippen molar-refractivity contribution >= 4 is 29.3 Å². The molecule has 4 nitrogen and oxygen atoms in total. The summed E-state index contributed by atoms with van der Waals surface area (Å²) in [6.45, 7) is 3.70. The fourth-order valence-electron chi connectivity index (χ4n) is 1.37. The average molecular weight is 267 g/mol. The lowest BCUT2D eigenvalue weighted by atomic mass is 10.0. The minimum absolute atomic E-state index is 0.0171. The Balaban J connectivity index is 2.59. The zero-order valence-corrected chi connectivity index (χ0v) is 11.5. The van der Waals surface area contributed by atoms with Crippen molar-refractivity contribution in [1.29, 1.82) is 0 Å². The number of hydrogen-bond acceptors (Lipinski definition) is 4. The van der Waals surface area contributed by atoms with Crippen molar-refractivity contribution in [1.82, 2.24) is 5.32 Å². The molecule has 0 aliphatic rings. The van der Waals surface area contributed by atoms with E-state index in [9.17, 15) is 9.59 Å². The van der Waals surface area contributed by atoms with E-state index >= 15 is 0 Å².